The monoisotopic (exact) mass is 375 g/mol. The highest BCUT2D eigenvalue weighted by atomic mass is 35.5. The van der Waals surface area contributed by atoms with Gasteiger partial charge >= 0.3 is 5.97 Å². The van der Waals surface area contributed by atoms with Gasteiger partial charge < -0.3 is 19.9 Å². The molecule has 1 unspecified atom stereocenters. The first-order chi connectivity index (χ1) is 12.4. The second kappa shape index (κ2) is 6.10. The standard InChI is InChI=1S/C18H18ClN3O4/c1-9-6-13(23)14-15-10(17(24)11(18(25)26)8-22(9)15)7-12(19)16(14)21-4-2-20-3-5-21/h7-9,20H,2-6H2,1H3,(H,25,26). The Labute approximate surface area is 154 Å². The van der Waals surface area contributed by atoms with Crippen LogP contribution in [0.15, 0.2) is 17.1 Å². The number of hydrogen-bond donors (Lipinski definition) is 2. The molecule has 0 radical (unpaired) electrons. The van der Waals surface area contributed by atoms with Crippen LogP contribution in [0.1, 0.15) is 40.1 Å². The third-order valence-electron chi connectivity index (χ3n) is 5.14. The third-order valence-corrected chi connectivity index (χ3v) is 5.43. The van der Waals surface area contributed by atoms with E-state index in [-0.39, 0.29) is 29.2 Å². The van der Waals surface area contributed by atoms with Gasteiger partial charge in [0.25, 0.3) is 0 Å². The highest BCUT2D eigenvalue weighted by Crippen LogP contribution is 2.40. The van der Waals surface area contributed by atoms with Crippen molar-refractivity contribution in [3.63, 3.8) is 0 Å². The number of carboxylic acid groups (broad SMARTS) is 1. The van der Waals surface area contributed by atoms with Crippen molar-refractivity contribution in [3.8, 4) is 0 Å². The van der Waals surface area contributed by atoms with Crippen LogP contribution in [-0.4, -0.2) is 47.6 Å². The number of carboxylic acids is 1. The second-order valence-electron chi connectivity index (χ2n) is 6.78. The number of nitrogens with zero attached hydrogens (tertiary/aromatic N) is 2. The molecule has 2 N–H and O–H groups in total. The summed E-state index contributed by atoms with van der Waals surface area (Å²) in [6.07, 6.45) is 1.59. The van der Waals surface area contributed by atoms with E-state index in [2.05, 4.69) is 10.2 Å². The van der Waals surface area contributed by atoms with Crippen LogP contribution in [0.25, 0.3) is 10.9 Å². The van der Waals surface area contributed by atoms with Gasteiger partial charge in [0.2, 0.25) is 5.43 Å². The molecular formula is C18H18ClN3O4. The van der Waals surface area contributed by atoms with Crippen LogP contribution in [0.5, 0.6) is 0 Å². The van der Waals surface area contributed by atoms with Gasteiger partial charge in [0.1, 0.15) is 5.56 Å². The summed E-state index contributed by atoms with van der Waals surface area (Å²) in [5.74, 6) is -1.35. The van der Waals surface area contributed by atoms with Gasteiger partial charge in [0.05, 0.1) is 21.8 Å². The smallest absolute Gasteiger partial charge is 0.341 e. The van der Waals surface area contributed by atoms with Crippen molar-refractivity contribution < 1.29 is 14.7 Å². The zero-order valence-corrected chi connectivity index (χ0v) is 15.0. The lowest BCUT2D eigenvalue weighted by molar-refractivity contribution is 0.0694. The summed E-state index contributed by atoms with van der Waals surface area (Å²) in [7, 11) is 0. The number of piperazine rings is 1. The molecule has 26 heavy (non-hydrogen) atoms. The number of ketones is 1. The number of anilines is 1. The number of hydrogen-bond acceptors (Lipinski definition) is 5. The molecule has 8 heteroatoms. The lowest BCUT2D eigenvalue weighted by Gasteiger charge is -2.34. The van der Waals surface area contributed by atoms with Crippen LogP contribution in [0.2, 0.25) is 5.02 Å². The van der Waals surface area contributed by atoms with Gasteiger partial charge in [-0.1, -0.05) is 11.6 Å². The van der Waals surface area contributed by atoms with Crippen molar-refractivity contribution in [2.45, 2.75) is 19.4 Å². The van der Waals surface area contributed by atoms with E-state index < -0.39 is 11.4 Å². The second-order valence-corrected chi connectivity index (χ2v) is 7.18. The number of halogens is 1. The first-order valence-electron chi connectivity index (χ1n) is 8.53. The average Bonchev–Trinajstić information content (AvgIpc) is 2.60. The van der Waals surface area contributed by atoms with Crippen molar-refractivity contribution >= 4 is 39.9 Å². The summed E-state index contributed by atoms with van der Waals surface area (Å²) in [6.45, 7) is 4.82. The van der Waals surface area contributed by atoms with Gasteiger partial charge in [-0.2, -0.15) is 0 Å². The van der Waals surface area contributed by atoms with Crippen molar-refractivity contribution in [1.82, 2.24) is 9.88 Å². The Morgan fingerprint density at radius 1 is 1.31 bits per heavy atom. The minimum Gasteiger partial charge on any atom is -0.477 e. The Morgan fingerprint density at radius 3 is 2.65 bits per heavy atom. The first-order valence-corrected chi connectivity index (χ1v) is 8.91. The summed E-state index contributed by atoms with van der Waals surface area (Å²) in [5, 5.41) is 13.1. The minimum atomic E-state index is -1.28. The first kappa shape index (κ1) is 17.1. The molecule has 1 atom stereocenters. The van der Waals surface area contributed by atoms with Gasteiger partial charge in [-0.05, 0) is 13.0 Å². The zero-order chi connectivity index (χ0) is 18.6. The fourth-order valence-corrected chi connectivity index (χ4v) is 4.23. The third kappa shape index (κ3) is 2.42. The van der Waals surface area contributed by atoms with E-state index in [1.165, 1.54) is 12.3 Å². The maximum absolute atomic E-state index is 12.9. The Balaban J connectivity index is 2.12. The molecule has 1 saturated heterocycles. The molecule has 1 fully saturated rings. The van der Waals surface area contributed by atoms with E-state index >= 15 is 0 Å². The Morgan fingerprint density at radius 2 is 2.00 bits per heavy atom. The number of aromatic carboxylic acids is 1. The summed E-state index contributed by atoms with van der Waals surface area (Å²) < 4.78 is 1.74. The number of pyridine rings is 1. The molecule has 1 aromatic heterocycles. The van der Waals surface area contributed by atoms with E-state index in [9.17, 15) is 19.5 Å². The Bertz CT molecular complexity index is 1010. The highest BCUT2D eigenvalue weighted by Gasteiger charge is 2.32. The quantitative estimate of drug-likeness (QED) is 0.833. The molecular weight excluding hydrogens is 358 g/mol. The van der Waals surface area contributed by atoms with Crippen LogP contribution in [-0.2, 0) is 0 Å². The lowest BCUT2D eigenvalue weighted by Crippen LogP contribution is -2.44. The predicted molar refractivity (Wildman–Crippen MR) is 98.9 cm³/mol. The number of nitrogens with one attached hydrogen (secondary N) is 1. The molecule has 7 nitrogen and oxygen atoms in total. The van der Waals surface area contributed by atoms with Gasteiger partial charge in [-0.3, -0.25) is 9.59 Å². The summed E-state index contributed by atoms with van der Waals surface area (Å²) in [4.78, 5) is 39.1. The largest absolute Gasteiger partial charge is 0.477 e. The van der Waals surface area contributed by atoms with E-state index in [4.69, 9.17) is 11.6 Å². The zero-order valence-electron chi connectivity index (χ0n) is 14.2. The van der Waals surface area contributed by atoms with Crippen LogP contribution in [0, 0.1) is 0 Å². The predicted octanol–water partition coefficient (Wildman–Crippen LogP) is 1.91. The SMILES string of the molecule is CC1CC(=O)c2c(N3CCNCC3)c(Cl)cc3c(=O)c(C(=O)O)cn1c23. The van der Waals surface area contributed by atoms with Crippen LogP contribution >= 0.6 is 11.6 Å². The highest BCUT2D eigenvalue weighted by molar-refractivity contribution is 6.36. The number of benzene rings is 1. The van der Waals surface area contributed by atoms with Crippen molar-refractivity contribution in [1.29, 1.82) is 0 Å². The molecule has 3 heterocycles. The lowest BCUT2D eigenvalue weighted by atomic mass is 9.92. The van der Waals surface area contributed by atoms with Gasteiger partial charge in [0.15, 0.2) is 5.78 Å². The van der Waals surface area contributed by atoms with E-state index in [0.717, 1.165) is 13.1 Å². The molecule has 0 spiro atoms. The Hall–Kier alpha value is -2.38. The summed E-state index contributed by atoms with van der Waals surface area (Å²) >= 11 is 6.49. The summed E-state index contributed by atoms with van der Waals surface area (Å²) in [5.41, 5.74) is 0.647. The number of rotatable bonds is 2. The van der Waals surface area contributed by atoms with Gasteiger partial charge in [-0.25, -0.2) is 4.79 Å². The molecule has 0 aliphatic carbocycles. The minimum absolute atomic E-state index is 0.0685. The number of carbonyl (C=O) groups is 2. The molecule has 2 aliphatic rings. The molecule has 2 aliphatic heterocycles. The van der Waals surface area contributed by atoms with Gasteiger partial charge in [-0.15, -0.1) is 0 Å². The molecule has 0 saturated carbocycles. The van der Waals surface area contributed by atoms with E-state index in [1.807, 2.05) is 6.92 Å². The maximum atomic E-state index is 12.9. The van der Waals surface area contributed by atoms with E-state index in [1.54, 1.807) is 4.57 Å². The molecule has 1 aromatic carbocycles. The van der Waals surface area contributed by atoms with Crippen molar-refractivity contribution in [3.05, 3.63) is 38.6 Å². The van der Waals surface area contributed by atoms with Crippen molar-refractivity contribution in [2.24, 2.45) is 0 Å². The number of carbonyl (C=O) groups excluding carboxylic acids is 1. The fraction of sp³-hybridized carbons (Fsp3) is 0.389. The Kier molecular flexibility index (Phi) is 4.00. The van der Waals surface area contributed by atoms with Crippen LogP contribution in [0.4, 0.5) is 5.69 Å². The van der Waals surface area contributed by atoms with Crippen molar-refractivity contribution in [2.75, 3.05) is 31.1 Å². The van der Waals surface area contributed by atoms with E-state index in [0.29, 0.717) is 34.9 Å². The van der Waals surface area contributed by atoms with Crippen LogP contribution in [0.3, 0.4) is 0 Å². The molecule has 0 amide bonds. The van der Waals surface area contributed by atoms with Gasteiger partial charge in [0, 0.05) is 50.2 Å². The topological polar surface area (TPSA) is 91.6 Å². The molecule has 136 valence electrons. The summed E-state index contributed by atoms with van der Waals surface area (Å²) in [6, 6.07) is 1.28. The molecule has 2 aromatic rings. The number of aromatic nitrogens is 1. The maximum Gasteiger partial charge on any atom is 0.341 e. The molecule has 4 rings (SSSR count). The average molecular weight is 376 g/mol. The normalized spacial score (nSPS) is 19.8. The number of Topliss-reactive ketones (excluding diaryl/α,β-unsaturated/α-hetero) is 1. The molecule has 0 bridgehead atoms. The van der Waals surface area contributed by atoms with Crippen LogP contribution < -0.4 is 15.6 Å². The fourth-order valence-electron chi connectivity index (χ4n) is 3.91.